The zero-order chi connectivity index (χ0) is 10.7. The van der Waals surface area contributed by atoms with E-state index in [9.17, 15) is 4.39 Å². The van der Waals surface area contributed by atoms with Crippen LogP contribution in [0.3, 0.4) is 0 Å². The molecule has 1 saturated heterocycles. The second-order valence-corrected chi connectivity index (χ2v) is 3.98. The zero-order valence-electron chi connectivity index (χ0n) is 8.17. The van der Waals surface area contributed by atoms with Crippen molar-refractivity contribution in [3.63, 3.8) is 0 Å². The molecule has 0 bridgehead atoms. The Hall–Kier alpha value is -0.870. The highest BCUT2D eigenvalue weighted by molar-refractivity contribution is 6.30. The largest absolute Gasteiger partial charge is 0.379 e. The van der Waals surface area contributed by atoms with E-state index in [0.717, 1.165) is 19.4 Å². The van der Waals surface area contributed by atoms with Gasteiger partial charge in [-0.15, -0.1) is 0 Å². The maximum Gasteiger partial charge on any atom is 0.166 e. The fourth-order valence-corrected chi connectivity index (χ4v) is 1.71. The van der Waals surface area contributed by atoms with Crippen LogP contribution in [0.1, 0.15) is 12.8 Å². The summed E-state index contributed by atoms with van der Waals surface area (Å²) in [6.07, 6.45) is 3.40. The van der Waals surface area contributed by atoms with E-state index in [1.807, 2.05) is 0 Å². The molecule has 1 aromatic heterocycles. The van der Waals surface area contributed by atoms with E-state index in [0.29, 0.717) is 11.6 Å². The molecule has 5 heteroatoms. The molecular weight excluding hydrogens is 219 g/mol. The van der Waals surface area contributed by atoms with Gasteiger partial charge in [0, 0.05) is 12.8 Å². The first-order chi connectivity index (χ1) is 7.25. The number of rotatable bonds is 2. The van der Waals surface area contributed by atoms with E-state index in [1.165, 1.54) is 12.3 Å². The third-order valence-electron chi connectivity index (χ3n) is 2.31. The minimum absolute atomic E-state index is 0.141. The maximum absolute atomic E-state index is 13.4. The molecule has 1 aromatic rings. The van der Waals surface area contributed by atoms with Gasteiger partial charge in [0.2, 0.25) is 0 Å². The van der Waals surface area contributed by atoms with Crippen molar-refractivity contribution in [1.29, 1.82) is 0 Å². The van der Waals surface area contributed by atoms with E-state index >= 15 is 0 Å². The molecule has 1 unspecified atom stereocenters. The first-order valence-electron chi connectivity index (χ1n) is 4.91. The highest BCUT2D eigenvalue weighted by Crippen LogP contribution is 2.18. The molecule has 0 amide bonds. The molecule has 2 heterocycles. The quantitative estimate of drug-likeness (QED) is 0.848. The molecule has 1 aliphatic rings. The molecule has 1 fully saturated rings. The fourth-order valence-electron chi connectivity index (χ4n) is 1.57. The molecule has 2 rings (SSSR count). The van der Waals surface area contributed by atoms with Crippen molar-refractivity contribution >= 4 is 17.4 Å². The predicted octanol–water partition coefficient (Wildman–Crippen LogP) is 2.46. The second kappa shape index (κ2) is 4.77. The summed E-state index contributed by atoms with van der Waals surface area (Å²) in [5, 5.41) is 3.31. The van der Waals surface area contributed by atoms with Crippen LogP contribution in [0.15, 0.2) is 12.3 Å². The number of hydrogen-bond acceptors (Lipinski definition) is 3. The van der Waals surface area contributed by atoms with Gasteiger partial charge in [-0.05, 0) is 18.9 Å². The lowest BCUT2D eigenvalue weighted by Gasteiger charge is -2.23. The van der Waals surface area contributed by atoms with Crippen molar-refractivity contribution in [2.45, 2.75) is 18.9 Å². The topological polar surface area (TPSA) is 34.2 Å². The number of ether oxygens (including phenoxy) is 1. The number of nitrogens with zero attached hydrogens (tertiary/aromatic N) is 1. The molecule has 0 aromatic carbocycles. The molecule has 0 saturated carbocycles. The summed E-state index contributed by atoms with van der Waals surface area (Å²) in [5.74, 6) is -0.178. The van der Waals surface area contributed by atoms with Crippen molar-refractivity contribution in [2.75, 3.05) is 18.5 Å². The van der Waals surface area contributed by atoms with Crippen LogP contribution in [0.5, 0.6) is 0 Å². The van der Waals surface area contributed by atoms with Crippen molar-refractivity contribution in [2.24, 2.45) is 0 Å². The minimum Gasteiger partial charge on any atom is -0.379 e. The molecule has 0 radical (unpaired) electrons. The second-order valence-electron chi connectivity index (χ2n) is 3.54. The van der Waals surface area contributed by atoms with Gasteiger partial charge in [-0.25, -0.2) is 9.37 Å². The number of aromatic nitrogens is 1. The lowest BCUT2D eigenvalue weighted by molar-refractivity contribution is 0.0874. The lowest BCUT2D eigenvalue weighted by atomic mass is 10.1. The third kappa shape index (κ3) is 2.79. The Morgan fingerprint density at radius 2 is 2.47 bits per heavy atom. The highest BCUT2D eigenvalue weighted by atomic mass is 35.5. The Kier molecular flexibility index (Phi) is 3.38. The van der Waals surface area contributed by atoms with Gasteiger partial charge in [-0.3, -0.25) is 0 Å². The van der Waals surface area contributed by atoms with Crippen LogP contribution in [0.2, 0.25) is 5.02 Å². The van der Waals surface area contributed by atoms with Gasteiger partial charge in [0.25, 0.3) is 0 Å². The van der Waals surface area contributed by atoms with Crippen LogP contribution in [0.4, 0.5) is 10.2 Å². The molecular formula is C10H12ClFN2O. The van der Waals surface area contributed by atoms with Gasteiger partial charge in [-0.1, -0.05) is 11.6 Å². The third-order valence-corrected chi connectivity index (χ3v) is 2.52. The lowest BCUT2D eigenvalue weighted by Crippen LogP contribution is -2.30. The SMILES string of the molecule is Fc1cc(Cl)cnc1NC1CCCOC1. The standard InChI is InChI=1S/C10H12ClFN2O/c11-7-4-9(12)10(13-5-7)14-8-2-1-3-15-6-8/h4-5,8H,1-3,6H2,(H,13,14). The zero-order valence-corrected chi connectivity index (χ0v) is 8.93. The number of nitrogens with one attached hydrogen (secondary N) is 1. The summed E-state index contributed by atoms with van der Waals surface area (Å²) in [5.41, 5.74) is 0. The number of pyridine rings is 1. The van der Waals surface area contributed by atoms with Crippen LogP contribution in [-0.2, 0) is 4.74 Å². The first-order valence-corrected chi connectivity index (χ1v) is 5.29. The van der Waals surface area contributed by atoms with Gasteiger partial charge >= 0.3 is 0 Å². The molecule has 1 aliphatic heterocycles. The van der Waals surface area contributed by atoms with Crippen molar-refractivity contribution in [1.82, 2.24) is 4.98 Å². The van der Waals surface area contributed by atoms with Crippen LogP contribution < -0.4 is 5.32 Å². The van der Waals surface area contributed by atoms with Crippen LogP contribution in [0, 0.1) is 5.82 Å². The van der Waals surface area contributed by atoms with E-state index in [-0.39, 0.29) is 11.9 Å². The smallest absolute Gasteiger partial charge is 0.166 e. The molecule has 82 valence electrons. The summed E-state index contributed by atoms with van der Waals surface area (Å²) in [6.45, 7) is 1.39. The average molecular weight is 231 g/mol. The first kappa shape index (κ1) is 10.6. The van der Waals surface area contributed by atoms with Crippen molar-refractivity contribution in [3.05, 3.63) is 23.1 Å². The van der Waals surface area contributed by atoms with Crippen LogP contribution in [0.25, 0.3) is 0 Å². The van der Waals surface area contributed by atoms with Gasteiger partial charge in [0.05, 0.1) is 17.7 Å². The molecule has 15 heavy (non-hydrogen) atoms. The van der Waals surface area contributed by atoms with Crippen molar-refractivity contribution in [3.8, 4) is 0 Å². The minimum atomic E-state index is -0.423. The Morgan fingerprint density at radius 1 is 1.60 bits per heavy atom. The van der Waals surface area contributed by atoms with E-state index in [2.05, 4.69) is 10.3 Å². The summed E-state index contributed by atoms with van der Waals surface area (Å²) < 4.78 is 18.6. The maximum atomic E-state index is 13.4. The number of hydrogen-bond donors (Lipinski definition) is 1. The highest BCUT2D eigenvalue weighted by Gasteiger charge is 2.15. The Balaban J connectivity index is 2.03. The van der Waals surface area contributed by atoms with Crippen LogP contribution >= 0.6 is 11.6 Å². The van der Waals surface area contributed by atoms with Gasteiger partial charge < -0.3 is 10.1 Å². The molecule has 1 N–H and O–H groups in total. The summed E-state index contributed by atoms with van der Waals surface area (Å²) >= 11 is 5.60. The summed E-state index contributed by atoms with van der Waals surface area (Å²) in [7, 11) is 0. The molecule has 3 nitrogen and oxygen atoms in total. The van der Waals surface area contributed by atoms with E-state index in [4.69, 9.17) is 16.3 Å². The average Bonchev–Trinajstić information content (AvgIpc) is 2.24. The Morgan fingerprint density at radius 3 is 3.13 bits per heavy atom. The van der Waals surface area contributed by atoms with Crippen molar-refractivity contribution < 1.29 is 9.13 Å². The van der Waals surface area contributed by atoms with E-state index < -0.39 is 5.82 Å². The van der Waals surface area contributed by atoms with Crippen LogP contribution in [-0.4, -0.2) is 24.2 Å². The van der Waals surface area contributed by atoms with Gasteiger partial charge in [0.15, 0.2) is 11.6 Å². The van der Waals surface area contributed by atoms with E-state index in [1.54, 1.807) is 0 Å². The fraction of sp³-hybridized carbons (Fsp3) is 0.500. The Labute approximate surface area is 92.6 Å². The number of halogens is 2. The summed E-state index contributed by atoms with van der Waals surface area (Å²) in [6, 6.07) is 1.39. The Bertz CT molecular complexity index is 342. The predicted molar refractivity (Wildman–Crippen MR) is 56.7 cm³/mol. The van der Waals surface area contributed by atoms with Gasteiger partial charge in [-0.2, -0.15) is 0 Å². The summed E-state index contributed by atoms with van der Waals surface area (Å²) in [4.78, 5) is 3.90. The monoisotopic (exact) mass is 230 g/mol. The molecule has 1 atom stereocenters. The molecule has 0 aliphatic carbocycles. The molecule has 0 spiro atoms. The number of anilines is 1. The van der Waals surface area contributed by atoms with Gasteiger partial charge in [0.1, 0.15) is 0 Å². The normalized spacial score (nSPS) is 21.3.